The molecule has 4 heteroatoms. The Balaban J connectivity index is 1.76. The summed E-state index contributed by atoms with van der Waals surface area (Å²) in [5, 5.41) is 21.0. The summed E-state index contributed by atoms with van der Waals surface area (Å²) >= 11 is 0. The van der Waals surface area contributed by atoms with Crippen molar-refractivity contribution in [2.75, 3.05) is 0 Å². The minimum Gasteiger partial charge on any atom is -0.357 e. The minimum atomic E-state index is -1.42. The van der Waals surface area contributed by atoms with Crippen LogP contribution in [0.3, 0.4) is 0 Å². The normalized spacial score (nSPS) is 22.3. The van der Waals surface area contributed by atoms with Gasteiger partial charge in [-0.3, -0.25) is 4.79 Å². The summed E-state index contributed by atoms with van der Waals surface area (Å²) in [6.07, 6.45) is 3.85. The molecule has 32 heavy (non-hydrogen) atoms. The van der Waals surface area contributed by atoms with E-state index in [1.165, 1.54) is 0 Å². The number of nitriles is 2. The number of carbonyl (C=O) groups excluding carboxylic acids is 1. The Morgan fingerprint density at radius 1 is 0.906 bits per heavy atom. The van der Waals surface area contributed by atoms with Gasteiger partial charge in [-0.05, 0) is 29.7 Å². The maximum absolute atomic E-state index is 13.9. The van der Waals surface area contributed by atoms with Crippen molar-refractivity contribution in [3.05, 3.63) is 113 Å². The molecule has 0 amide bonds. The monoisotopic (exact) mass is 415 g/mol. The van der Waals surface area contributed by atoms with E-state index in [0.717, 1.165) is 22.3 Å². The van der Waals surface area contributed by atoms with Gasteiger partial charge in [0.05, 0.1) is 18.2 Å². The van der Waals surface area contributed by atoms with E-state index in [-0.39, 0.29) is 5.78 Å². The van der Waals surface area contributed by atoms with Gasteiger partial charge in [-0.2, -0.15) is 10.5 Å². The van der Waals surface area contributed by atoms with Gasteiger partial charge < -0.3 is 4.90 Å². The molecule has 0 saturated carbocycles. The molecule has 1 saturated heterocycles. The highest BCUT2D eigenvalue weighted by Gasteiger charge is 2.63. The van der Waals surface area contributed by atoms with Gasteiger partial charge in [0.25, 0.3) is 0 Å². The number of ketones is 1. The summed E-state index contributed by atoms with van der Waals surface area (Å²) in [6, 6.07) is 28.3. The summed E-state index contributed by atoms with van der Waals surface area (Å²) in [6.45, 7) is 1.98. The first kappa shape index (κ1) is 19.8. The lowest BCUT2D eigenvalue weighted by molar-refractivity contribution is 0.0874. The second kappa shape index (κ2) is 7.52. The number of fused-ring (bicyclic) bond motifs is 3. The smallest absolute Gasteiger partial charge is 0.185 e. The molecule has 1 fully saturated rings. The van der Waals surface area contributed by atoms with Crippen LogP contribution in [-0.4, -0.2) is 16.7 Å². The van der Waals surface area contributed by atoms with Crippen molar-refractivity contribution in [2.24, 2.45) is 5.41 Å². The minimum absolute atomic E-state index is 0.0831. The highest BCUT2D eigenvalue weighted by atomic mass is 16.1. The van der Waals surface area contributed by atoms with E-state index in [9.17, 15) is 15.3 Å². The van der Waals surface area contributed by atoms with Crippen molar-refractivity contribution in [1.29, 1.82) is 10.5 Å². The van der Waals surface area contributed by atoms with Crippen molar-refractivity contribution in [1.82, 2.24) is 4.90 Å². The molecule has 0 aliphatic carbocycles. The zero-order chi connectivity index (χ0) is 22.3. The number of hydrogen-bond acceptors (Lipinski definition) is 4. The molecule has 3 atom stereocenters. The molecule has 154 valence electrons. The summed E-state index contributed by atoms with van der Waals surface area (Å²) < 4.78 is 0. The molecule has 0 spiro atoms. The fraction of sp³-hybridized carbons (Fsp3) is 0.179. The molecular weight excluding hydrogens is 394 g/mol. The van der Waals surface area contributed by atoms with Crippen LogP contribution >= 0.6 is 0 Å². The first-order valence-electron chi connectivity index (χ1n) is 10.6. The van der Waals surface area contributed by atoms with Crippen LogP contribution in [0.25, 0.3) is 6.08 Å². The van der Waals surface area contributed by atoms with E-state index in [0.29, 0.717) is 5.56 Å². The van der Waals surface area contributed by atoms with E-state index >= 15 is 0 Å². The molecule has 2 aliphatic rings. The first-order valence-corrected chi connectivity index (χ1v) is 10.6. The van der Waals surface area contributed by atoms with Crippen molar-refractivity contribution >= 4 is 11.9 Å². The topological polar surface area (TPSA) is 67.9 Å². The molecule has 5 rings (SSSR count). The number of carbonyl (C=O) groups is 1. The summed E-state index contributed by atoms with van der Waals surface area (Å²) in [5.74, 6) is -0.687. The van der Waals surface area contributed by atoms with Crippen LogP contribution in [0.1, 0.15) is 44.6 Å². The Morgan fingerprint density at radius 2 is 1.56 bits per heavy atom. The van der Waals surface area contributed by atoms with Crippen molar-refractivity contribution < 1.29 is 4.79 Å². The van der Waals surface area contributed by atoms with E-state index < -0.39 is 23.4 Å². The fourth-order valence-corrected chi connectivity index (χ4v) is 5.22. The van der Waals surface area contributed by atoms with Crippen LogP contribution in [0.5, 0.6) is 0 Å². The number of Topliss-reactive ketones (excluding diaryl/α,β-unsaturated/α-hetero) is 1. The lowest BCUT2D eigenvalue weighted by Crippen LogP contribution is -2.37. The molecular formula is C28H21N3O. The van der Waals surface area contributed by atoms with Gasteiger partial charge in [0, 0.05) is 17.7 Å². The number of hydrogen-bond donors (Lipinski definition) is 0. The van der Waals surface area contributed by atoms with Crippen LogP contribution in [0.15, 0.2) is 85.1 Å². The van der Waals surface area contributed by atoms with Gasteiger partial charge >= 0.3 is 0 Å². The molecule has 3 aromatic rings. The van der Waals surface area contributed by atoms with Crippen LogP contribution in [0.2, 0.25) is 0 Å². The second-order valence-electron chi connectivity index (χ2n) is 8.45. The Bertz CT molecular complexity index is 1280. The summed E-state index contributed by atoms with van der Waals surface area (Å²) in [4.78, 5) is 15.9. The van der Waals surface area contributed by atoms with Gasteiger partial charge in [0.2, 0.25) is 0 Å². The average molecular weight is 415 g/mol. The number of nitrogens with zero attached hydrogens (tertiary/aromatic N) is 3. The van der Waals surface area contributed by atoms with Crippen LogP contribution in [0.4, 0.5) is 0 Å². The van der Waals surface area contributed by atoms with Gasteiger partial charge in [-0.15, -0.1) is 0 Å². The van der Waals surface area contributed by atoms with Crippen LogP contribution < -0.4 is 0 Å². The summed E-state index contributed by atoms with van der Waals surface area (Å²) in [5.41, 5.74) is 2.92. The zero-order valence-corrected chi connectivity index (χ0v) is 17.6. The van der Waals surface area contributed by atoms with Crippen LogP contribution in [0, 0.1) is 35.0 Å². The van der Waals surface area contributed by atoms with Crippen molar-refractivity contribution in [2.45, 2.75) is 24.9 Å². The molecule has 2 heterocycles. The Kier molecular flexibility index (Phi) is 4.65. The highest BCUT2D eigenvalue weighted by Crippen LogP contribution is 2.59. The Labute approximate surface area is 187 Å². The predicted octanol–water partition coefficient (Wildman–Crippen LogP) is 5.40. The lowest BCUT2D eigenvalue weighted by Gasteiger charge is -2.34. The Hall–Kier alpha value is -4.15. The third kappa shape index (κ3) is 2.77. The van der Waals surface area contributed by atoms with Crippen molar-refractivity contribution in [3.8, 4) is 12.1 Å². The van der Waals surface area contributed by atoms with E-state index in [4.69, 9.17) is 0 Å². The SMILES string of the molecule is Cc1ccc(C(=O)C2C(c3ccccc3)C(C#N)(C#N)C3c4ccccc4C=CN23)cc1. The number of rotatable bonds is 3. The van der Waals surface area contributed by atoms with Gasteiger partial charge in [0.15, 0.2) is 11.2 Å². The third-order valence-corrected chi connectivity index (χ3v) is 6.71. The lowest BCUT2D eigenvalue weighted by atomic mass is 9.67. The van der Waals surface area contributed by atoms with E-state index in [2.05, 4.69) is 12.1 Å². The van der Waals surface area contributed by atoms with E-state index in [1.54, 1.807) is 0 Å². The maximum Gasteiger partial charge on any atom is 0.185 e. The quantitative estimate of drug-likeness (QED) is 0.537. The molecule has 3 unspecified atom stereocenters. The molecule has 0 bridgehead atoms. The zero-order valence-electron chi connectivity index (χ0n) is 17.6. The second-order valence-corrected chi connectivity index (χ2v) is 8.45. The number of aryl methyl sites for hydroxylation is 1. The Morgan fingerprint density at radius 3 is 2.25 bits per heavy atom. The highest BCUT2D eigenvalue weighted by molar-refractivity contribution is 6.01. The maximum atomic E-state index is 13.9. The molecule has 2 aliphatic heterocycles. The predicted molar refractivity (Wildman–Crippen MR) is 122 cm³/mol. The van der Waals surface area contributed by atoms with E-state index in [1.807, 2.05) is 103 Å². The largest absolute Gasteiger partial charge is 0.357 e. The van der Waals surface area contributed by atoms with Crippen LogP contribution in [-0.2, 0) is 0 Å². The first-order chi connectivity index (χ1) is 15.6. The molecule has 3 aromatic carbocycles. The molecule has 0 N–H and O–H groups in total. The fourth-order valence-electron chi connectivity index (χ4n) is 5.22. The standard InChI is InChI=1S/C28H21N3O/c1-19-11-13-22(14-12-19)26(32)25-24(21-8-3-2-4-9-21)28(17-29,18-30)27-23-10-6-5-7-20(23)15-16-31(25)27/h2-16,24-25,27H,1H3. The summed E-state index contributed by atoms with van der Waals surface area (Å²) in [7, 11) is 0. The number of benzene rings is 3. The van der Waals surface area contributed by atoms with Gasteiger partial charge in [0.1, 0.15) is 6.04 Å². The third-order valence-electron chi connectivity index (χ3n) is 6.71. The average Bonchev–Trinajstić information content (AvgIpc) is 3.15. The molecule has 4 nitrogen and oxygen atoms in total. The molecule has 0 aromatic heterocycles. The molecule has 0 radical (unpaired) electrons. The van der Waals surface area contributed by atoms with Gasteiger partial charge in [-0.1, -0.05) is 84.4 Å². The van der Waals surface area contributed by atoms with Gasteiger partial charge in [-0.25, -0.2) is 0 Å². The van der Waals surface area contributed by atoms with Crippen molar-refractivity contribution in [3.63, 3.8) is 0 Å².